The van der Waals surface area contributed by atoms with Gasteiger partial charge in [-0.1, -0.05) is 46.4 Å². The molecule has 1 unspecified atom stereocenters. The van der Waals surface area contributed by atoms with Gasteiger partial charge >= 0.3 is 5.51 Å². The van der Waals surface area contributed by atoms with Crippen LogP contribution in [0.2, 0.25) is 20.1 Å². The molecule has 0 heterocycles. The third-order valence-electron chi connectivity index (χ3n) is 2.34. The predicted molar refractivity (Wildman–Crippen MR) is 88.7 cm³/mol. The van der Waals surface area contributed by atoms with Gasteiger partial charge in [0, 0.05) is 11.8 Å². The zero-order chi connectivity index (χ0) is 18.7. The number of nitrogens with one attached hydrogen (secondary N) is 1. The van der Waals surface area contributed by atoms with Crippen molar-refractivity contribution in [1.29, 1.82) is 15.9 Å². The summed E-state index contributed by atoms with van der Waals surface area (Å²) in [4.78, 5) is 3.07. The predicted octanol–water partition coefficient (Wildman–Crippen LogP) is 5.77. The highest BCUT2D eigenvalue weighted by molar-refractivity contribution is 8.00. The highest BCUT2D eigenvalue weighted by Crippen LogP contribution is 2.49. The van der Waals surface area contributed by atoms with Crippen molar-refractivity contribution in [3.05, 3.63) is 25.7 Å². The van der Waals surface area contributed by atoms with E-state index in [4.69, 9.17) is 62.3 Å². The first kappa shape index (κ1) is 20.9. The summed E-state index contributed by atoms with van der Waals surface area (Å²) in [6.07, 6.45) is 0.921. The number of hydrogen-bond acceptors (Lipinski definition) is 5. The average molecular weight is 434 g/mol. The van der Waals surface area contributed by atoms with Crippen LogP contribution in [0.15, 0.2) is 9.89 Å². The molecule has 126 valence electrons. The van der Waals surface area contributed by atoms with E-state index in [-0.39, 0.29) is 15.6 Å². The second-order valence-corrected chi connectivity index (χ2v) is 6.47. The summed E-state index contributed by atoms with van der Waals surface area (Å²) in [5, 5.41) is 22.9. The van der Waals surface area contributed by atoms with Crippen LogP contribution in [0, 0.1) is 28.1 Å². The van der Waals surface area contributed by atoms with Gasteiger partial charge in [0.15, 0.2) is 6.04 Å². The van der Waals surface area contributed by atoms with Gasteiger partial charge in [0.05, 0.1) is 31.1 Å². The highest BCUT2D eigenvalue weighted by atomic mass is 35.5. The van der Waals surface area contributed by atoms with Gasteiger partial charge in [-0.05, 0) is 11.8 Å². The molecule has 1 N–H and O–H groups in total. The van der Waals surface area contributed by atoms with Crippen LogP contribution in [0.5, 0.6) is 0 Å². The molecule has 0 aliphatic rings. The molecule has 12 heteroatoms. The lowest BCUT2D eigenvalue weighted by molar-refractivity contribution is -0.0328. The molecule has 4 nitrogen and oxygen atoms in total. The summed E-state index contributed by atoms with van der Waals surface area (Å²) >= 11 is 22.8. The normalized spacial score (nSPS) is 12.7. The van der Waals surface area contributed by atoms with Gasteiger partial charge in [0.25, 0.3) is 0 Å². The smallest absolute Gasteiger partial charge is 0.291 e. The molecular formula is C12H3Cl4F3N4S. The van der Waals surface area contributed by atoms with E-state index in [1.54, 1.807) is 6.07 Å². The molecule has 0 aromatic heterocycles. The van der Waals surface area contributed by atoms with Crippen LogP contribution >= 0.6 is 58.2 Å². The minimum Gasteiger partial charge on any atom is -0.291 e. The minimum absolute atomic E-state index is 0.133. The van der Waals surface area contributed by atoms with Crippen LogP contribution in [0.1, 0.15) is 5.56 Å². The molecule has 0 fully saturated rings. The maximum Gasteiger partial charge on any atom is 0.446 e. The monoisotopic (exact) mass is 432 g/mol. The number of halogens is 7. The molecule has 1 atom stereocenters. The van der Waals surface area contributed by atoms with Crippen molar-refractivity contribution in [1.82, 2.24) is 0 Å². The van der Waals surface area contributed by atoms with E-state index in [0.717, 1.165) is 6.21 Å². The highest BCUT2D eigenvalue weighted by Gasteiger charge is 2.33. The van der Waals surface area contributed by atoms with E-state index in [1.807, 2.05) is 0 Å². The molecule has 0 aliphatic heterocycles. The summed E-state index contributed by atoms with van der Waals surface area (Å²) in [5.41, 5.74) is -5.43. The Kier molecular flexibility index (Phi) is 7.21. The lowest BCUT2D eigenvalue weighted by Crippen LogP contribution is -2.13. The molecule has 0 amide bonds. The van der Waals surface area contributed by atoms with E-state index in [1.165, 1.54) is 6.07 Å². The maximum atomic E-state index is 12.5. The number of rotatable bonds is 4. The van der Waals surface area contributed by atoms with E-state index in [0.29, 0.717) is 0 Å². The fourth-order valence-electron chi connectivity index (χ4n) is 1.33. The SMILES string of the molecule is N#CC(=N)C(C#N)N=Cc1c(Cl)c(Cl)c(SC(F)(F)F)c(Cl)c1Cl. The van der Waals surface area contributed by atoms with Gasteiger partial charge in [-0.15, -0.1) is 0 Å². The van der Waals surface area contributed by atoms with E-state index < -0.39 is 44.0 Å². The van der Waals surface area contributed by atoms with Gasteiger partial charge in [-0.2, -0.15) is 23.7 Å². The zero-order valence-corrected chi connectivity index (χ0v) is 14.9. The largest absolute Gasteiger partial charge is 0.446 e. The molecule has 24 heavy (non-hydrogen) atoms. The first-order chi connectivity index (χ1) is 11.0. The Morgan fingerprint density at radius 2 is 1.62 bits per heavy atom. The Morgan fingerprint density at radius 3 is 2.00 bits per heavy atom. The molecule has 1 aromatic rings. The van der Waals surface area contributed by atoms with Crippen LogP contribution in [0.3, 0.4) is 0 Å². The second-order valence-electron chi connectivity index (χ2n) is 3.88. The first-order valence-electron chi connectivity index (χ1n) is 5.56. The molecule has 0 radical (unpaired) electrons. The van der Waals surface area contributed by atoms with Crippen LogP contribution in [0.25, 0.3) is 0 Å². The van der Waals surface area contributed by atoms with Crippen molar-refractivity contribution in [3.8, 4) is 12.1 Å². The average Bonchev–Trinajstić information content (AvgIpc) is 2.51. The standard InChI is InChI=1S/C12H3Cl4F3N4S/c13-7-4(3-23-6(2-21)5(22)1-20)8(14)10(16)11(9(7)15)24-12(17,18)19/h3,6,22H. The summed E-state index contributed by atoms with van der Waals surface area (Å²) in [5.74, 6) is 0. The van der Waals surface area contributed by atoms with Gasteiger partial charge in [0.1, 0.15) is 11.8 Å². The molecule has 0 bridgehead atoms. The number of aliphatic imine (C=N–C) groups is 1. The van der Waals surface area contributed by atoms with Gasteiger partial charge in [0.2, 0.25) is 0 Å². The Balaban J connectivity index is 3.41. The Labute approximate surface area is 158 Å². The number of nitriles is 2. The van der Waals surface area contributed by atoms with Crippen molar-refractivity contribution >= 4 is 70.1 Å². The molecule has 0 aliphatic carbocycles. The third kappa shape index (κ3) is 4.92. The first-order valence-corrected chi connectivity index (χ1v) is 7.89. The van der Waals surface area contributed by atoms with Crippen LogP contribution in [-0.4, -0.2) is 23.5 Å². The van der Waals surface area contributed by atoms with E-state index in [9.17, 15) is 13.2 Å². The Bertz CT molecular complexity index is 766. The number of benzene rings is 1. The lowest BCUT2D eigenvalue weighted by atomic mass is 10.2. The Morgan fingerprint density at radius 1 is 1.12 bits per heavy atom. The third-order valence-corrected chi connectivity index (χ3v) is 5.15. The summed E-state index contributed by atoms with van der Waals surface area (Å²) in [6.45, 7) is 0. The maximum absolute atomic E-state index is 12.5. The number of hydrogen-bond donors (Lipinski definition) is 1. The van der Waals surface area contributed by atoms with Crippen molar-refractivity contribution in [2.75, 3.05) is 0 Å². The van der Waals surface area contributed by atoms with Crippen molar-refractivity contribution in [2.24, 2.45) is 4.99 Å². The number of thioether (sulfide) groups is 1. The molecule has 1 aromatic carbocycles. The van der Waals surface area contributed by atoms with Gasteiger partial charge < -0.3 is 0 Å². The van der Waals surface area contributed by atoms with Crippen molar-refractivity contribution in [2.45, 2.75) is 16.4 Å². The number of nitrogens with zero attached hydrogens (tertiary/aromatic N) is 3. The van der Waals surface area contributed by atoms with Crippen molar-refractivity contribution < 1.29 is 13.2 Å². The van der Waals surface area contributed by atoms with Crippen LogP contribution in [-0.2, 0) is 0 Å². The minimum atomic E-state index is -4.66. The second kappa shape index (κ2) is 8.28. The quantitative estimate of drug-likeness (QED) is 0.371. The summed E-state index contributed by atoms with van der Waals surface area (Å²) in [7, 11) is 0. The van der Waals surface area contributed by atoms with Gasteiger partial charge in [-0.25, -0.2) is 0 Å². The molecule has 0 saturated heterocycles. The van der Waals surface area contributed by atoms with E-state index in [2.05, 4.69) is 4.99 Å². The van der Waals surface area contributed by atoms with E-state index >= 15 is 0 Å². The van der Waals surface area contributed by atoms with Gasteiger partial charge in [-0.3, -0.25) is 10.4 Å². The van der Waals surface area contributed by atoms with Crippen LogP contribution < -0.4 is 0 Å². The molecule has 1 rings (SSSR count). The molecule has 0 spiro atoms. The molecule has 0 saturated carbocycles. The zero-order valence-electron chi connectivity index (χ0n) is 11.1. The summed E-state index contributed by atoms with van der Waals surface area (Å²) in [6, 6.07) is 1.60. The van der Waals surface area contributed by atoms with Crippen LogP contribution in [0.4, 0.5) is 13.2 Å². The fraction of sp³-hybridized carbons (Fsp3) is 0.167. The van der Waals surface area contributed by atoms with Crippen molar-refractivity contribution in [3.63, 3.8) is 0 Å². The molecular weight excluding hydrogens is 431 g/mol. The number of alkyl halides is 3. The summed E-state index contributed by atoms with van der Waals surface area (Å²) < 4.78 is 37.6. The fourth-order valence-corrected chi connectivity index (χ4v) is 3.25. The topological polar surface area (TPSA) is 83.8 Å². The lowest BCUT2D eigenvalue weighted by Gasteiger charge is -2.14. The Hall–Kier alpha value is -1.16.